The van der Waals surface area contributed by atoms with E-state index in [2.05, 4.69) is 35.2 Å². The van der Waals surface area contributed by atoms with Crippen molar-refractivity contribution in [3.63, 3.8) is 0 Å². The van der Waals surface area contributed by atoms with Crippen LogP contribution in [0.2, 0.25) is 0 Å². The van der Waals surface area contributed by atoms with E-state index in [1.54, 1.807) is 0 Å². The van der Waals surface area contributed by atoms with Gasteiger partial charge < -0.3 is 14.5 Å². The minimum absolute atomic E-state index is 0.173. The predicted octanol–water partition coefficient (Wildman–Crippen LogP) is 5.07. The van der Waals surface area contributed by atoms with Gasteiger partial charge in [0, 0.05) is 43.9 Å². The number of carbonyl (C=O) groups is 1. The molecule has 0 spiro atoms. The summed E-state index contributed by atoms with van der Waals surface area (Å²) in [5, 5.41) is 0. The van der Waals surface area contributed by atoms with Gasteiger partial charge in [-0.25, -0.2) is 9.78 Å². The monoisotopic (exact) mass is 393 g/mol. The van der Waals surface area contributed by atoms with Crippen LogP contribution in [-0.4, -0.2) is 47.8 Å². The molecule has 2 fully saturated rings. The Bertz CT molecular complexity index is 889. The molecule has 0 N–H and O–H groups in total. The van der Waals surface area contributed by atoms with Crippen molar-refractivity contribution in [2.45, 2.75) is 63.6 Å². The van der Waals surface area contributed by atoms with Gasteiger partial charge in [-0.1, -0.05) is 30.3 Å². The Labute approximate surface area is 173 Å². The van der Waals surface area contributed by atoms with Gasteiger partial charge in [0.1, 0.15) is 11.4 Å². The van der Waals surface area contributed by atoms with Gasteiger partial charge >= 0.3 is 6.09 Å². The summed E-state index contributed by atoms with van der Waals surface area (Å²) in [6.07, 6.45) is 4.91. The molecule has 2 bridgehead atoms. The smallest absolute Gasteiger partial charge is 0.410 e. The van der Waals surface area contributed by atoms with Crippen molar-refractivity contribution in [1.82, 2.24) is 9.88 Å². The van der Waals surface area contributed by atoms with Crippen molar-refractivity contribution < 1.29 is 9.53 Å². The molecule has 0 aliphatic carbocycles. The normalized spacial score (nSPS) is 23.3. The number of pyridine rings is 1. The maximum atomic E-state index is 12.8. The summed E-state index contributed by atoms with van der Waals surface area (Å²) in [6.45, 7) is 5.78. The number of rotatable bonds is 3. The van der Waals surface area contributed by atoms with Crippen LogP contribution in [0.1, 0.15) is 51.5 Å². The van der Waals surface area contributed by atoms with Gasteiger partial charge in [0.25, 0.3) is 0 Å². The Morgan fingerprint density at radius 3 is 2.55 bits per heavy atom. The van der Waals surface area contributed by atoms with Gasteiger partial charge in [0.05, 0.1) is 0 Å². The standard InChI is InChI=1S/C24H31N3O2/c1-24(2,3)29-23(28)27-18-11-12-21(27)19(14-18)17-13-20(16-9-7-6-8-10-16)22(25-15-17)26(4)5/h6-10,13,15,18-19,21H,11-12,14H2,1-5H3/t18-,19+,21+/m0/s1. The number of amides is 1. The molecule has 2 aromatic rings. The first-order valence-electron chi connectivity index (χ1n) is 10.5. The molecular formula is C24H31N3O2. The topological polar surface area (TPSA) is 45.7 Å². The summed E-state index contributed by atoms with van der Waals surface area (Å²) in [7, 11) is 4.05. The van der Waals surface area contributed by atoms with E-state index in [0.29, 0.717) is 5.92 Å². The van der Waals surface area contributed by atoms with Crippen LogP contribution >= 0.6 is 0 Å². The number of fused-ring (bicyclic) bond motifs is 2. The maximum absolute atomic E-state index is 12.8. The molecule has 0 saturated carbocycles. The van der Waals surface area contributed by atoms with Gasteiger partial charge in [-0.15, -0.1) is 0 Å². The lowest BCUT2D eigenvalue weighted by atomic mass is 9.84. The van der Waals surface area contributed by atoms with Crippen LogP contribution in [0.25, 0.3) is 11.1 Å². The lowest BCUT2D eigenvalue weighted by Gasteiger charge is -2.28. The zero-order valence-corrected chi connectivity index (χ0v) is 18.1. The third-order valence-electron chi connectivity index (χ3n) is 5.97. The van der Waals surface area contributed by atoms with E-state index >= 15 is 0 Å². The van der Waals surface area contributed by atoms with Gasteiger partial charge in [-0.05, 0) is 57.2 Å². The van der Waals surface area contributed by atoms with Crippen molar-refractivity contribution in [3.05, 3.63) is 48.2 Å². The first kappa shape index (κ1) is 19.7. The highest BCUT2D eigenvalue weighted by molar-refractivity contribution is 5.76. The molecule has 3 atom stereocenters. The van der Waals surface area contributed by atoms with E-state index in [1.807, 2.05) is 52.0 Å². The molecule has 2 saturated heterocycles. The average molecular weight is 394 g/mol. The van der Waals surface area contributed by atoms with E-state index in [4.69, 9.17) is 9.72 Å². The minimum Gasteiger partial charge on any atom is -0.444 e. The molecular weight excluding hydrogens is 362 g/mol. The predicted molar refractivity (Wildman–Crippen MR) is 116 cm³/mol. The fraction of sp³-hybridized carbons (Fsp3) is 0.500. The molecule has 3 heterocycles. The summed E-state index contributed by atoms with van der Waals surface area (Å²) in [5.41, 5.74) is 3.05. The van der Waals surface area contributed by atoms with Crippen LogP contribution in [0.5, 0.6) is 0 Å². The second-order valence-electron chi connectivity index (χ2n) is 9.43. The van der Waals surface area contributed by atoms with Gasteiger partial charge in [0.15, 0.2) is 0 Å². The maximum Gasteiger partial charge on any atom is 0.410 e. The second kappa shape index (κ2) is 7.36. The van der Waals surface area contributed by atoms with Crippen molar-refractivity contribution >= 4 is 11.9 Å². The molecule has 0 unspecified atom stereocenters. The third-order valence-corrected chi connectivity index (χ3v) is 5.97. The molecule has 154 valence electrons. The SMILES string of the molecule is CN(C)c1ncc([C@H]2C[C@@H]3CC[C@H]2N3C(=O)OC(C)(C)C)cc1-c1ccccc1. The molecule has 2 aliphatic rings. The van der Waals surface area contributed by atoms with E-state index in [1.165, 1.54) is 5.56 Å². The van der Waals surface area contributed by atoms with Crippen molar-refractivity contribution in [3.8, 4) is 11.1 Å². The molecule has 4 rings (SSSR count). The van der Waals surface area contributed by atoms with Crippen LogP contribution in [0.15, 0.2) is 42.6 Å². The number of nitrogens with zero attached hydrogens (tertiary/aromatic N) is 3. The van der Waals surface area contributed by atoms with Crippen LogP contribution < -0.4 is 4.90 Å². The third kappa shape index (κ3) is 3.83. The Hall–Kier alpha value is -2.56. The van der Waals surface area contributed by atoms with Crippen molar-refractivity contribution in [1.29, 1.82) is 0 Å². The largest absolute Gasteiger partial charge is 0.444 e. The number of hydrogen-bond donors (Lipinski definition) is 0. The van der Waals surface area contributed by atoms with Gasteiger partial charge in [-0.2, -0.15) is 0 Å². The zero-order valence-electron chi connectivity index (χ0n) is 18.1. The van der Waals surface area contributed by atoms with Gasteiger partial charge in [0.2, 0.25) is 0 Å². The molecule has 5 nitrogen and oxygen atoms in total. The van der Waals surface area contributed by atoms with E-state index in [0.717, 1.165) is 36.2 Å². The Kier molecular flexibility index (Phi) is 5.01. The van der Waals surface area contributed by atoms with Gasteiger partial charge in [-0.3, -0.25) is 0 Å². The molecule has 1 aromatic carbocycles. The van der Waals surface area contributed by atoms with Crippen molar-refractivity contribution in [2.75, 3.05) is 19.0 Å². The average Bonchev–Trinajstić information content (AvgIpc) is 3.25. The molecule has 29 heavy (non-hydrogen) atoms. The Balaban J connectivity index is 1.65. The fourth-order valence-corrected chi connectivity index (χ4v) is 4.81. The molecule has 5 heteroatoms. The molecule has 1 amide bonds. The Morgan fingerprint density at radius 2 is 1.90 bits per heavy atom. The van der Waals surface area contributed by atoms with Crippen LogP contribution in [0.4, 0.5) is 10.6 Å². The zero-order chi connectivity index (χ0) is 20.8. The number of aromatic nitrogens is 1. The number of ether oxygens (including phenoxy) is 1. The molecule has 1 aromatic heterocycles. The first-order chi connectivity index (χ1) is 13.7. The van der Waals surface area contributed by atoms with E-state index in [-0.39, 0.29) is 18.2 Å². The molecule has 2 aliphatic heterocycles. The quantitative estimate of drug-likeness (QED) is 0.730. The van der Waals surface area contributed by atoms with Crippen LogP contribution in [-0.2, 0) is 4.74 Å². The number of carbonyl (C=O) groups excluding carboxylic acids is 1. The highest BCUT2D eigenvalue weighted by Crippen LogP contribution is 2.48. The lowest BCUT2D eigenvalue weighted by Crippen LogP contribution is -2.40. The van der Waals surface area contributed by atoms with Crippen LogP contribution in [0.3, 0.4) is 0 Å². The first-order valence-corrected chi connectivity index (χ1v) is 10.5. The second-order valence-corrected chi connectivity index (χ2v) is 9.43. The fourth-order valence-electron chi connectivity index (χ4n) is 4.81. The van der Waals surface area contributed by atoms with E-state index in [9.17, 15) is 4.79 Å². The summed E-state index contributed by atoms with van der Waals surface area (Å²) in [4.78, 5) is 21.7. The van der Waals surface area contributed by atoms with E-state index < -0.39 is 5.60 Å². The summed E-state index contributed by atoms with van der Waals surface area (Å²) in [6, 6.07) is 13.1. The molecule has 0 radical (unpaired) electrons. The van der Waals surface area contributed by atoms with Crippen LogP contribution in [0, 0.1) is 0 Å². The number of hydrogen-bond acceptors (Lipinski definition) is 4. The number of benzene rings is 1. The van der Waals surface area contributed by atoms with Crippen molar-refractivity contribution in [2.24, 2.45) is 0 Å². The summed E-state index contributed by atoms with van der Waals surface area (Å²) >= 11 is 0. The highest BCUT2D eigenvalue weighted by atomic mass is 16.6. The summed E-state index contributed by atoms with van der Waals surface area (Å²) < 4.78 is 5.69. The highest BCUT2D eigenvalue weighted by Gasteiger charge is 2.50. The minimum atomic E-state index is -0.468. The Morgan fingerprint density at radius 1 is 1.17 bits per heavy atom. The number of anilines is 1. The lowest BCUT2D eigenvalue weighted by molar-refractivity contribution is 0.0213. The summed E-state index contributed by atoms with van der Waals surface area (Å²) in [5.74, 6) is 1.28.